The van der Waals surface area contributed by atoms with E-state index < -0.39 is 11.7 Å². The molecule has 0 aliphatic heterocycles. The number of hydrogen-bond donors (Lipinski definition) is 1. The molecule has 1 fully saturated rings. The Hall–Kier alpha value is -1.59. The lowest BCUT2D eigenvalue weighted by molar-refractivity contribution is -0.138. The van der Waals surface area contributed by atoms with Gasteiger partial charge in [-0.05, 0) is 37.3 Å². The molecule has 1 heterocycles. The summed E-state index contributed by atoms with van der Waals surface area (Å²) in [6, 6.07) is 0.904. The van der Waals surface area contributed by atoms with Gasteiger partial charge in [-0.25, -0.2) is 0 Å². The first-order valence-corrected chi connectivity index (χ1v) is 6.67. The minimum atomic E-state index is -4.46. The molecular weight excluding hydrogens is 269 g/mol. The highest BCUT2D eigenvalue weighted by Crippen LogP contribution is 2.35. The Morgan fingerprint density at radius 1 is 1.45 bits per heavy atom. The molecule has 20 heavy (non-hydrogen) atoms. The van der Waals surface area contributed by atoms with Crippen LogP contribution >= 0.6 is 0 Å². The average molecular weight is 286 g/mol. The molecule has 1 amide bonds. The van der Waals surface area contributed by atoms with E-state index in [0.717, 1.165) is 44.1 Å². The minimum absolute atomic E-state index is 0.0805. The number of aromatic nitrogens is 1. The van der Waals surface area contributed by atoms with E-state index >= 15 is 0 Å². The fourth-order valence-corrected chi connectivity index (χ4v) is 2.53. The third kappa shape index (κ3) is 3.11. The van der Waals surface area contributed by atoms with Crippen LogP contribution < -0.4 is 5.32 Å². The van der Waals surface area contributed by atoms with E-state index in [1.54, 1.807) is 0 Å². The second kappa shape index (κ2) is 5.42. The van der Waals surface area contributed by atoms with Crippen LogP contribution in [0.25, 0.3) is 0 Å². The molecule has 3 nitrogen and oxygen atoms in total. The van der Waals surface area contributed by atoms with Crippen LogP contribution in [-0.2, 0) is 17.4 Å². The number of carbonyl (C=O) groups excluding carboxylic acids is 1. The zero-order valence-electron chi connectivity index (χ0n) is 11.3. The van der Waals surface area contributed by atoms with Gasteiger partial charge in [-0.1, -0.05) is 6.92 Å². The minimum Gasteiger partial charge on any atom is -0.350 e. The predicted octanol–water partition coefficient (Wildman–Crippen LogP) is 3.09. The molecule has 1 aliphatic rings. The largest absolute Gasteiger partial charge is 0.416 e. The SMILES string of the molecule is CCC1(NC(=O)Cc2cnccc2C(F)(F)F)CCC1. The molecule has 1 saturated carbocycles. The zero-order valence-corrected chi connectivity index (χ0v) is 11.3. The topological polar surface area (TPSA) is 42.0 Å². The summed E-state index contributed by atoms with van der Waals surface area (Å²) in [5.74, 6) is -0.370. The molecule has 0 saturated heterocycles. The molecule has 110 valence electrons. The molecule has 6 heteroatoms. The van der Waals surface area contributed by atoms with Crippen molar-refractivity contribution in [3.05, 3.63) is 29.6 Å². The van der Waals surface area contributed by atoms with Crippen molar-refractivity contribution in [3.63, 3.8) is 0 Å². The molecule has 0 spiro atoms. The van der Waals surface area contributed by atoms with Gasteiger partial charge in [-0.2, -0.15) is 13.2 Å². The second-order valence-corrected chi connectivity index (χ2v) is 5.24. The maximum atomic E-state index is 12.8. The van der Waals surface area contributed by atoms with E-state index in [2.05, 4.69) is 10.3 Å². The molecule has 1 aromatic heterocycles. The van der Waals surface area contributed by atoms with E-state index in [1.165, 1.54) is 0 Å². The Bertz CT molecular complexity index is 490. The van der Waals surface area contributed by atoms with Gasteiger partial charge in [-0.3, -0.25) is 9.78 Å². The first kappa shape index (κ1) is 14.8. The van der Waals surface area contributed by atoms with Gasteiger partial charge in [0.2, 0.25) is 5.91 Å². The Labute approximate surface area is 115 Å². The van der Waals surface area contributed by atoms with Crippen LogP contribution in [0.2, 0.25) is 0 Å². The third-order valence-corrected chi connectivity index (χ3v) is 3.95. The van der Waals surface area contributed by atoms with Crippen LogP contribution in [0.15, 0.2) is 18.5 Å². The van der Waals surface area contributed by atoms with Crippen LogP contribution in [-0.4, -0.2) is 16.4 Å². The van der Waals surface area contributed by atoms with Crippen molar-refractivity contribution >= 4 is 5.91 Å². The summed E-state index contributed by atoms with van der Waals surface area (Å²) >= 11 is 0. The molecule has 1 aromatic rings. The summed E-state index contributed by atoms with van der Waals surface area (Å²) < 4.78 is 38.5. The van der Waals surface area contributed by atoms with Crippen molar-refractivity contribution < 1.29 is 18.0 Å². The number of rotatable bonds is 4. The molecule has 0 atom stereocenters. The number of pyridine rings is 1. The number of alkyl halides is 3. The van der Waals surface area contributed by atoms with Gasteiger partial charge in [0.25, 0.3) is 0 Å². The van der Waals surface area contributed by atoms with Gasteiger partial charge in [0, 0.05) is 17.9 Å². The molecule has 2 rings (SSSR count). The van der Waals surface area contributed by atoms with Crippen molar-refractivity contribution in [2.75, 3.05) is 0 Å². The number of nitrogens with one attached hydrogen (secondary N) is 1. The van der Waals surface area contributed by atoms with E-state index in [0.29, 0.717) is 0 Å². The van der Waals surface area contributed by atoms with Crippen LogP contribution in [0, 0.1) is 0 Å². The Kier molecular flexibility index (Phi) is 4.01. The highest BCUT2D eigenvalue weighted by Gasteiger charge is 2.37. The Morgan fingerprint density at radius 2 is 2.15 bits per heavy atom. The van der Waals surface area contributed by atoms with Crippen molar-refractivity contribution in [2.24, 2.45) is 0 Å². The third-order valence-electron chi connectivity index (χ3n) is 3.95. The smallest absolute Gasteiger partial charge is 0.350 e. The number of halogens is 3. The summed E-state index contributed by atoms with van der Waals surface area (Å²) in [6.45, 7) is 1.98. The average Bonchev–Trinajstić information content (AvgIpc) is 2.33. The van der Waals surface area contributed by atoms with Crippen molar-refractivity contribution in [3.8, 4) is 0 Å². The van der Waals surface area contributed by atoms with Gasteiger partial charge in [0.15, 0.2) is 0 Å². The number of nitrogens with zero attached hydrogens (tertiary/aromatic N) is 1. The lowest BCUT2D eigenvalue weighted by Crippen LogP contribution is -2.53. The van der Waals surface area contributed by atoms with Gasteiger partial charge in [0.1, 0.15) is 0 Å². The van der Waals surface area contributed by atoms with E-state index in [-0.39, 0.29) is 23.4 Å². The number of carbonyl (C=O) groups is 1. The quantitative estimate of drug-likeness (QED) is 0.924. The normalized spacial score (nSPS) is 17.4. The van der Waals surface area contributed by atoms with Crippen molar-refractivity contribution in [1.29, 1.82) is 0 Å². The highest BCUT2D eigenvalue weighted by atomic mass is 19.4. The summed E-state index contributed by atoms with van der Waals surface area (Å²) in [5.41, 5.74) is -1.08. The summed E-state index contributed by atoms with van der Waals surface area (Å²) in [4.78, 5) is 15.6. The predicted molar refractivity (Wildman–Crippen MR) is 68.0 cm³/mol. The van der Waals surface area contributed by atoms with Gasteiger partial charge < -0.3 is 5.32 Å². The lowest BCUT2D eigenvalue weighted by atomic mass is 9.74. The maximum Gasteiger partial charge on any atom is 0.416 e. The van der Waals surface area contributed by atoms with E-state index in [4.69, 9.17) is 0 Å². The summed E-state index contributed by atoms with van der Waals surface area (Å²) in [5, 5.41) is 2.87. The monoisotopic (exact) mass is 286 g/mol. The fraction of sp³-hybridized carbons (Fsp3) is 0.571. The zero-order chi connectivity index (χ0) is 14.8. The fourth-order valence-electron chi connectivity index (χ4n) is 2.53. The summed E-state index contributed by atoms with van der Waals surface area (Å²) in [6.07, 6.45) is 1.10. The Balaban J connectivity index is 2.08. The molecule has 0 aromatic carbocycles. The van der Waals surface area contributed by atoms with Gasteiger partial charge in [-0.15, -0.1) is 0 Å². The van der Waals surface area contributed by atoms with Gasteiger partial charge in [0.05, 0.1) is 12.0 Å². The maximum absolute atomic E-state index is 12.8. The van der Waals surface area contributed by atoms with Crippen molar-refractivity contribution in [1.82, 2.24) is 10.3 Å². The molecule has 0 unspecified atom stereocenters. The number of amides is 1. The molecule has 1 N–H and O–H groups in total. The van der Waals surface area contributed by atoms with Crippen LogP contribution in [0.3, 0.4) is 0 Å². The Morgan fingerprint density at radius 3 is 2.65 bits per heavy atom. The molecule has 0 radical (unpaired) electrons. The second-order valence-electron chi connectivity index (χ2n) is 5.24. The summed E-state index contributed by atoms with van der Waals surface area (Å²) in [7, 11) is 0. The molecule has 1 aliphatic carbocycles. The molecule has 0 bridgehead atoms. The van der Waals surface area contributed by atoms with E-state index in [1.807, 2.05) is 6.92 Å². The first-order valence-electron chi connectivity index (χ1n) is 6.67. The first-order chi connectivity index (χ1) is 9.36. The van der Waals surface area contributed by atoms with Gasteiger partial charge >= 0.3 is 6.18 Å². The molecular formula is C14H17F3N2O. The van der Waals surface area contributed by atoms with Crippen LogP contribution in [0.4, 0.5) is 13.2 Å². The highest BCUT2D eigenvalue weighted by molar-refractivity contribution is 5.79. The van der Waals surface area contributed by atoms with E-state index in [9.17, 15) is 18.0 Å². The standard InChI is InChI=1S/C14H17F3N2O/c1-2-13(5-3-6-13)19-12(20)8-10-9-18-7-4-11(10)14(15,16)17/h4,7,9H,2-3,5-6,8H2,1H3,(H,19,20). The van der Waals surface area contributed by atoms with Crippen LogP contribution in [0.5, 0.6) is 0 Å². The van der Waals surface area contributed by atoms with Crippen molar-refractivity contribution in [2.45, 2.75) is 50.7 Å². The number of hydrogen-bond acceptors (Lipinski definition) is 2. The van der Waals surface area contributed by atoms with Crippen LogP contribution in [0.1, 0.15) is 43.7 Å². The lowest BCUT2D eigenvalue weighted by Gasteiger charge is -2.42.